The van der Waals surface area contributed by atoms with Crippen molar-refractivity contribution in [3.63, 3.8) is 0 Å². The zero-order valence-electron chi connectivity index (χ0n) is 8.79. The first-order valence-electron chi connectivity index (χ1n) is 5.29. The van der Waals surface area contributed by atoms with Gasteiger partial charge >= 0.3 is 0 Å². The van der Waals surface area contributed by atoms with Gasteiger partial charge in [-0.1, -0.05) is 11.6 Å². The van der Waals surface area contributed by atoms with Gasteiger partial charge in [0.15, 0.2) is 0 Å². The molecule has 84 valence electrons. The average Bonchev–Trinajstić information content (AvgIpc) is 2.67. The van der Waals surface area contributed by atoms with Crippen molar-refractivity contribution in [3.8, 4) is 0 Å². The Bertz CT molecular complexity index is 331. The smallest absolute Gasteiger partial charge is 0.0989 e. The summed E-state index contributed by atoms with van der Waals surface area (Å²) in [5.41, 5.74) is -0.634. The molecule has 0 amide bonds. The summed E-state index contributed by atoms with van der Waals surface area (Å²) in [6, 6.07) is 4.37. The zero-order chi connectivity index (χ0) is 10.9. The van der Waals surface area contributed by atoms with Crippen LogP contribution in [-0.2, 0) is 5.60 Å². The molecule has 4 heteroatoms. The van der Waals surface area contributed by atoms with Gasteiger partial charge in [-0.25, -0.2) is 0 Å². The molecule has 2 nitrogen and oxygen atoms in total. The lowest BCUT2D eigenvalue weighted by Gasteiger charge is -2.35. The predicted octanol–water partition coefficient (Wildman–Crippen LogP) is 2.75. The van der Waals surface area contributed by atoms with E-state index in [1.165, 1.54) is 11.3 Å². The van der Waals surface area contributed by atoms with Crippen LogP contribution in [0.25, 0.3) is 0 Å². The lowest BCUT2D eigenvalue weighted by Crippen LogP contribution is -2.37. The number of aliphatic hydroxyl groups is 1. The van der Waals surface area contributed by atoms with E-state index < -0.39 is 5.60 Å². The van der Waals surface area contributed by atoms with Gasteiger partial charge in [0.25, 0.3) is 0 Å². The Labute approximate surface area is 99.3 Å². The molecule has 0 aliphatic heterocycles. The van der Waals surface area contributed by atoms with Gasteiger partial charge in [-0.2, -0.15) is 0 Å². The molecular weight excluding hydrogens is 230 g/mol. The summed E-state index contributed by atoms with van der Waals surface area (Å²) in [6.07, 6.45) is 3.72. The van der Waals surface area contributed by atoms with Crippen LogP contribution >= 0.6 is 22.9 Å². The number of hydrogen-bond donors (Lipinski definition) is 2. The molecule has 1 heterocycles. The summed E-state index contributed by atoms with van der Waals surface area (Å²) in [5, 5.41) is 13.8. The second kappa shape index (κ2) is 4.42. The highest BCUT2D eigenvalue weighted by atomic mass is 35.5. The highest BCUT2D eigenvalue weighted by Crippen LogP contribution is 2.41. The molecule has 0 spiro atoms. The Kier molecular flexibility index (Phi) is 3.36. The molecule has 1 aromatic rings. The van der Waals surface area contributed by atoms with Gasteiger partial charge in [-0.3, -0.25) is 0 Å². The van der Waals surface area contributed by atoms with Crippen LogP contribution < -0.4 is 5.32 Å². The summed E-state index contributed by atoms with van der Waals surface area (Å²) in [7, 11) is 1.98. The molecule has 1 saturated carbocycles. The van der Waals surface area contributed by atoms with E-state index in [9.17, 15) is 5.11 Å². The number of halogens is 1. The Hall–Kier alpha value is -0.0900. The molecular formula is C11H16ClNOS. The SMILES string of the molecule is CNC1CCC(O)(c2ccc(Cl)s2)CC1. The van der Waals surface area contributed by atoms with Crippen molar-refractivity contribution in [1.29, 1.82) is 0 Å². The Morgan fingerprint density at radius 1 is 1.47 bits per heavy atom. The molecule has 15 heavy (non-hydrogen) atoms. The molecule has 0 atom stereocenters. The summed E-state index contributed by atoms with van der Waals surface area (Å²) in [5.74, 6) is 0. The van der Waals surface area contributed by atoms with Gasteiger partial charge in [0.2, 0.25) is 0 Å². The Morgan fingerprint density at radius 3 is 2.60 bits per heavy atom. The number of nitrogens with one attached hydrogen (secondary N) is 1. The Balaban J connectivity index is 2.09. The lowest BCUT2D eigenvalue weighted by atomic mass is 9.81. The van der Waals surface area contributed by atoms with E-state index in [-0.39, 0.29) is 0 Å². The van der Waals surface area contributed by atoms with Gasteiger partial charge in [-0.15, -0.1) is 11.3 Å². The van der Waals surface area contributed by atoms with E-state index in [1.54, 1.807) is 0 Å². The van der Waals surface area contributed by atoms with Crippen molar-refractivity contribution >= 4 is 22.9 Å². The standard InChI is InChI=1S/C11H16ClNOS/c1-13-8-4-6-11(14,7-5-8)9-2-3-10(12)15-9/h2-3,8,13-14H,4-7H2,1H3. The summed E-state index contributed by atoms with van der Waals surface area (Å²) >= 11 is 7.39. The molecule has 0 aromatic carbocycles. The summed E-state index contributed by atoms with van der Waals surface area (Å²) in [6.45, 7) is 0. The fraction of sp³-hybridized carbons (Fsp3) is 0.636. The summed E-state index contributed by atoms with van der Waals surface area (Å²) in [4.78, 5) is 1.02. The molecule has 1 aliphatic rings. The van der Waals surface area contributed by atoms with Crippen molar-refractivity contribution < 1.29 is 5.11 Å². The largest absolute Gasteiger partial charge is 0.384 e. The monoisotopic (exact) mass is 245 g/mol. The first-order chi connectivity index (χ1) is 7.14. The van der Waals surface area contributed by atoms with E-state index in [1.807, 2.05) is 19.2 Å². The van der Waals surface area contributed by atoms with Crippen LogP contribution in [0.15, 0.2) is 12.1 Å². The van der Waals surface area contributed by atoms with E-state index in [4.69, 9.17) is 11.6 Å². The van der Waals surface area contributed by atoms with Crippen molar-refractivity contribution in [2.45, 2.75) is 37.3 Å². The molecule has 2 rings (SSSR count). The highest BCUT2D eigenvalue weighted by molar-refractivity contribution is 7.16. The lowest BCUT2D eigenvalue weighted by molar-refractivity contribution is -0.00429. The van der Waals surface area contributed by atoms with Gasteiger partial charge in [0.1, 0.15) is 0 Å². The summed E-state index contributed by atoms with van der Waals surface area (Å²) < 4.78 is 0.758. The van der Waals surface area contributed by atoms with Crippen LogP contribution in [0.2, 0.25) is 4.34 Å². The minimum atomic E-state index is -0.634. The van der Waals surface area contributed by atoms with Crippen molar-refractivity contribution in [3.05, 3.63) is 21.3 Å². The molecule has 2 N–H and O–H groups in total. The molecule has 0 radical (unpaired) electrons. The topological polar surface area (TPSA) is 32.3 Å². The van der Waals surface area contributed by atoms with Crippen LogP contribution in [0, 0.1) is 0 Å². The van der Waals surface area contributed by atoms with Crippen molar-refractivity contribution in [1.82, 2.24) is 5.32 Å². The normalized spacial score (nSPS) is 31.8. The molecule has 1 fully saturated rings. The molecule has 1 aliphatic carbocycles. The second-order valence-corrected chi connectivity index (χ2v) is 5.91. The molecule has 1 aromatic heterocycles. The quantitative estimate of drug-likeness (QED) is 0.840. The fourth-order valence-corrected chi connectivity index (χ4v) is 3.38. The van der Waals surface area contributed by atoms with Crippen LogP contribution in [-0.4, -0.2) is 18.2 Å². The van der Waals surface area contributed by atoms with Crippen molar-refractivity contribution in [2.75, 3.05) is 7.05 Å². The fourth-order valence-electron chi connectivity index (χ4n) is 2.19. The molecule has 0 unspecified atom stereocenters. The third kappa shape index (κ3) is 2.36. The maximum absolute atomic E-state index is 10.5. The number of hydrogen-bond acceptors (Lipinski definition) is 3. The number of rotatable bonds is 2. The van der Waals surface area contributed by atoms with Crippen LogP contribution in [0.4, 0.5) is 0 Å². The van der Waals surface area contributed by atoms with E-state index >= 15 is 0 Å². The first kappa shape index (κ1) is 11.4. The van der Waals surface area contributed by atoms with E-state index in [2.05, 4.69) is 5.32 Å². The average molecular weight is 246 g/mol. The van der Waals surface area contributed by atoms with E-state index in [0.717, 1.165) is 34.9 Å². The predicted molar refractivity (Wildman–Crippen MR) is 64.5 cm³/mol. The van der Waals surface area contributed by atoms with E-state index in [0.29, 0.717) is 6.04 Å². The van der Waals surface area contributed by atoms with Crippen molar-refractivity contribution in [2.24, 2.45) is 0 Å². The maximum atomic E-state index is 10.5. The van der Waals surface area contributed by atoms with Gasteiger partial charge in [-0.05, 0) is 44.9 Å². The first-order valence-corrected chi connectivity index (χ1v) is 6.49. The van der Waals surface area contributed by atoms with Crippen LogP contribution in [0.1, 0.15) is 30.6 Å². The third-order valence-electron chi connectivity index (χ3n) is 3.25. The van der Waals surface area contributed by atoms with Crippen LogP contribution in [0.5, 0.6) is 0 Å². The third-order valence-corrected chi connectivity index (χ3v) is 4.68. The number of thiophene rings is 1. The zero-order valence-corrected chi connectivity index (χ0v) is 10.4. The minimum Gasteiger partial charge on any atom is -0.384 e. The molecule has 0 saturated heterocycles. The molecule has 0 bridgehead atoms. The van der Waals surface area contributed by atoms with Gasteiger partial charge in [0.05, 0.1) is 9.94 Å². The van der Waals surface area contributed by atoms with Gasteiger partial charge < -0.3 is 10.4 Å². The second-order valence-electron chi connectivity index (χ2n) is 4.20. The Morgan fingerprint density at radius 2 is 2.13 bits per heavy atom. The van der Waals surface area contributed by atoms with Crippen LogP contribution in [0.3, 0.4) is 0 Å². The highest BCUT2D eigenvalue weighted by Gasteiger charge is 2.35. The maximum Gasteiger partial charge on any atom is 0.0989 e. The minimum absolute atomic E-state index is 0.556. The van der Waals surface area contributed by atoms with Gasteiger partial charge in [0, 0.05) is 10.9 Å².